The van der Waals surface area contributed by atoms with Crippen LogP contribution in [-0.4, -0.2) is 31.2 Å². The van der Waals surface area contributed by atoms with Crippen LogP contribution >= 0.6 is 11.6 Å². The van der Waals surface area contributed by atoms with Crippen molar-refractivity contribution in [3.05, 3.63) is 39.0 Å². The third-order valence-electron chi connectivity index (χ3n) is 3.61. The van der Waals surface area contributed by atoms with Crippen molar-refractivity contribution < 1.29 is 4.92 Å². The molecule has 0 amide bonds. The van der Waals surface area contributed by atoms with Gasteiger partial charge in [-0.2, -0.15) is 0 Å². The Morgan fingerprint density at radius 1 is 1.41 bits per heavy atom. The molecule has 1 N–H and O–H groups in total. The van der Waals surface area contributed by atoms with Gasteiger partial charge >= 0.3 is 5.69 Å². The van der Waals surface area contributed by atoms with Gasteiger partial charge in [-0.3, -0.25) is 10.1 Å². The summed E-state index contributed by atoms with van der Waals surface area (Å²) in [7, 11) is 0. The fourth-order valence-corrected chi connectivity index (χ4v) is 2.70. The minimum absolute atomic E-state index is 0.129. The van der Waals surface area contributed by atoms with E-state index in [1.54, 1.807) is 0 Å². The molecule has 0 radical (unpaired) electrons. The van der Waals surface area contributed by atoms with Crippen molar-refractivity contribution in [3.63, 3.8) is 0 Å². The smallest absolute Gasteiger partial charge is 0.312 e. The Kier molecular flexibility index (Phi) is 4.19. The van der Waals surface area contributed by atoms with E-state index in [2.05, 4.69) is 25.1 Å². The number of nitro groups is 1. The summed E-state index contributed by atoms with van der Waals surface area (Å²) < 4.78 is 2.13. The summed E-state index contributed by atoms with van der Waals surface area (Å²) in [6.45, 7) is 1.44. The highest BCUT2D eigenvalue weighted by molar-refractivity contribution is 6.30. The first-order chi connectivity index (χ1) is 10.6. The summed E-state index contributed by atoms with van der Waals surface area (Å²) in [5.41, 5.74) is -0.129. The van der Waals surface area contributed by atoms with Gasteiger partial charge in [0.1, 0.15) is 11.6 Å². The molecule has 8 nitrogen and oxygen atoms in total. The van der Waals surface area contributed by atoms with E-state index in [1.807, 2.05) is 0 Å². The fourth-order valence-electron chi connectivity index (χ4n) is 2.55. The molecule has 2 aromatic heterocycles. The van der Waals surface area contributed by atoms with Crippen LogP contribution in [0, 0.1) is 10.1 Å². The zero-order valence-electron chi connectivity index (χ0n) is 11.8. The topological polar surface area (TPSA) is 98.8 Å². The van der Waals surface area contributed by atoms with Crippen LogP contribution in [0.5, 0.6) is 0 Å². The zero-order valence-corrected chi connectivity index (χ0v) is 12.6. The molecule has 9 heteroatoms. The number of nitrogens with zero attached hydrogens (tertiary/aromatic N) is 5. The molecule has 1 aliphatic heterocycles. The minimum atomic E-state index is -0.500. The van der Waals surface area contributed by atoms with Gasteiger partial charge in [-0.15, -0.1) is 10.2 Å². The van der Waals surface area contributed by atoms with Crippen LogP contribution in [0.2, 0.25) is 5.02 Å². The first-order valence-corrected chi connectivity index (χ1v) is 7.47. The van der Waals surface area contributed by atoms with E-state index in [0.717, 1.165) is 37.5 Å². The monoisotopic (exact) mass is 322 g/mol. The first kappa shape index (κ1) is 14.7. The lowest BCUT2D eigenvalue weighted by Crippen LogP contribution is -2.16. The lowest BCUT2D eigenvalue weighted by atomic mass is 10.1. The Morgan fingerprint density at radius 2 is 2.27 bits per heavy atom. The summed E-state index contributed by atoms with van der Waals surface area (Å²) in [6.07, 6.45) is 5.27. The molecule has 0 atom stereocenters. The van der Waals surface area contributed by atoms with Crippen LogP contribution in [0.25, 0.3) is 0 Å². The number of rotatable bonds is 5. The van der Waals surface area contributed by atoms with Crippen molar-refractivity contribution in [3.8, 4) is 0 Å². The molecule has 2 aromatic rings. The molecule has 0 spiro atoms. The van der Waals surface area contributed by atoms with Crippen molar-refractivity contribution in [2.24, 2.45) is 0 Å². The molecular weight excluding hydrogens is 308 g/mol. The number of fused-ring (bicyclic) bond motifs is 1. The number of anilines is 1. The number of aryl methyl sites for hydroxylation is 1. The molecule has 3 rings (SSSR count). The van der Waals surface area contributed by atoms with Crippen LogP contribution in [0.4, 0.5) is 11.5 Å². The highest BCUT2D eigenvalue weighted by Gasteiger charge is 2.17. The maximum atomic E-state index is 11.0. The predicted octanol–water partition coefficient (Wildman–Crippen LogP) is 2.23. The van der Waals surface area contributed by atoms with Crippen molar-refractivity contribution in [2.75, 3.05) is 11.9 Å². The maximum Gasteiger partial charge on any atom is 0.312 e. The van der Waals surface area contributed by atoms with Crippen LogP contribution in [-0.2, 0) is 19.4 Å². The molecule has 0 fully saturated rings. The number of hydrogen-bond donors (Lipinski definition) is 1. The van der Waals surface area contributed by atoms with Crippen LogP contribution in [0.3, 0.4) is 0 Å². The summed E-state index contributed by atoms with van der Waals surface area (Å²) in [6, 6.07) is 1.29. The lowest BCUT2D eigenvalue weighted by Gasteiger charge is -2.14. The van der Waals surface area contributed by atoms with E-state index < -0.39 is 4.92 Å². The molecule has 0 saturated carbocycles. The molecule has 3 heterocycles. The molecular formula is C13H15ClN6O2. The van der Waals surface area contributed by atoms with E-state index in [1.165, 1.54) is 12.3 Å². The van der Waals surface area contributed by atoms with Gasteiger partial charge in [0.2, 0.25) is 5.82 Å². The van der Waals surface area contributed by atoms with E-state index in [9.17, 15) is 10.1 Å². The standard InChI is InChI=1S/C13H15ClN6O2/c14-9-7-10(20(21)22)13(16-8-9)15-5-4-12-18-17-11-3-1-2-6-19(11)12/h7-8H,1-6H2,(H,15,16). The molecule has 22 heavy (non-hydrogen) atoms. The Bertz CT molecular complexity index is 702. The lowest BCUT2D eigenvalue weighted by molar-refractivity contribution is -0.384. The van der Waals surface area contributed by atoms with E-state index in [-0.39, 0.29) is 16.5 Å². The summed E-state index contributed by atoms with van der Waals surface area (Å²) in [5.74, 6) is 2.14. The van der Waals surface area contributed by atoms with E-state index in [0.29, 0.717) is 13.0 Å². The first-order valence-electron chi connectivity index (χ1n) is 7.10. The van der Waals surface area contributed by atoms with Crippen molar-refractivity contribution in [1.29, 1.82) is 0 Å². The zero-order chi connectivity index (χ0) is 15.5. The average Bonchev–Trinajstić information content (AvgIpc) is 2.92. The molecule has 0 unspecified atom stereocenters. The van der Waals surface area contributed by atoms with Gasteiger partial charge in [0.15, 0.2) is 0 Å². The SMILES string of the molecule is O=[N+]([O-])c1cc(Cl)cnc1NCCc1nnc2n1CCCC2. The van der Waals surface area contributed by atoms with Crippen molar-refractivity contribution in [2.45, 2.75) is 32.2 Å². The number of hydrogen-bond acceptors (Lipinski definition) is 6. The van der Waals surface area contributed by atoms with Gasteiger partial charge in [0.25, 0.3) is 0 Å². The second-order valence-electron chi connectivity index (χ2n) is 5.10. The third-order valence-corrected chi connectivity index (χ3v) is 3.81. The summed E-state index contributed by atoms with van der Waals surface area (Å²) >= 11 is 5.74. The Labute approximate surface area is 131 Å². The predicted molar refractivity (Wildman–Crippen MR) is 81.1 cm³/mol. The molecule has 0 bridgehead atoms. The van der Waals surface area contributed by atoms with Gasteiger partial charge in [-0.1, -0.05) is 11.6 Å². The minimum Gasteiger partial charge on any atom is -0.364 e. The van der Waals surface area contributed by atoms with E-state index >= 15 is 0 Å². The third kappa shape index (κ3) is 3.01. The van der Waals surface area contributed by atoms with Crippen LogP contribution < -0.4 is 5.32 Å². The van der Waals surface area contributed by atoms with Gasteiger partial charge < -0.3 is 9.88 Å². The number of aromatic nitrogens is 4. The summed E-state index contributed by atoms with van der Waals surface area (Å²) in [5, 5.41) is 22.6. The molecule has 1 aliphatic rings. The second kappa shape index (κ2) is 6.27. The molecule has 116 valence electrons. The Balaban J connectivity index is 1.66. The number of pyridine rings is 1. The number of nitrogens with one attached hydrogen (secondary N) is 1. The van der Waals surface area contributed by atoms with Crippen molar-refractivity contribution in [1.82, 2.24) is 19.7 Å². The molecule has 0 saturated heterocycles. The second-order valence-corrected chi connectivity index (χ2v) is 5.53. The fraction of sp³-hybridized carbons (Fsp3) is 0.462. The molecule has 0 aromatic carbocycles. The summed E-state index contributed by atoms with van der Waals surface area (Å²) in [4.78, 5) is 14.5. The van der Waals surface area contributed by atoms with Gasteiger partial charge in [-0.25, -0.2) is 4.98 Å². The van der Waals surface area contributed by atoms with Crippen molar-refractivity contribution >= 4 is 23.1 Å². The average molecular weight is 323 g/mol. The number of halogens is 1. The normalized spacial score (nSPS) is 13.7. The van der Waals surface area contributed by atoms with Gasteiger partial charge in [0, 0.05) is 38.2 Å². The van der Waals surface area contributed by atoms with E-state index in [4.69, 9.17) is 11.6 Å². The highest BCUT2D eigenvalue weighted by Crippen LogP contribution is 2.25. The van der Waals surface area contributed by atoms with Crippen LogP contribution in [0.1, 0.15) is 24.5 Å². The van der Waals surface area contributed by atoms with Gasteiger partial charge in [-0.05, 0) is 12.8 Å². The largest absolute Gasteiger partial charge is 0.364 e. The maximum absolute atomic E-state index is 11.0. The highest BCUT2D eigenvalue weighted by atomic mass is 35.5. The van der Waals surface area contributed by atoms with Gasteiger partial charge in [0.05, 0.1) is 9.95 Å². The van der Waals surface area contributed by atoms with Crippen LogP contribution in [0.15, 0.2) is 12.3 Å². The molecule has 0 aliphatic carbocycles. The quantitative estimate of drug-likeness (QED) is 0.669. The Morgan fingerprint density at radius 3 is 3.09 bits per heavy atom. The Hall–Kier alpha value is -2.22.